The summed E-state index contributed by atoms with van der Waals surface area (Å²) in [7, 11) is 0. The number of phenolic OH excluding ortho intramolecular Hbond substituents is 1. The fraction of sp³-hybridized carbons (Fsp3) is 0.263. The highest BCUT2D eigenvalue weighted by molar-refractivity contribution is 6.01. The minimum absolute atomic E-state index is 0.0468. The van der Waals surface area contributed by atoms with Gasteiger partial charge in [0.15, 0.2) is 6.61 Å². The van der Waals surface area contributed by atoms with Gasteiger partial charge in [0.05, 0.1) is 0 Å². The van der Waals surface area contributed by atoms with Crippen LogP contribution in [0, 0.1) is 20.8 Å². The molecule has 0 spiro atoms. The molecule has 5 nitrogen and oxygen atoms in total. The molecule has 0 bridgehead atoms. The first-order valence-corrected chi connectivity index (χ1v) is 7.62. The van der Waals surface area contributed by atoms with Gasteiger partial charge in [-0.05, 0) is 44.5 Å². The molecule has 0 saturated heterocycles. The van der Waals surface area contributed by atoms with Crippen molar-refractivity contribution in [3.8, 4) is 5.75 Å². The molecule has 5 heteroatoms. The Kier molecular flexibility index (Phi) is 5.24. The zero-order valence-corrected chi connectivity index (χ0v) is 14.1. The van der Waals surface area contributed by atoms with E-state index in [9.17, 15) is 14.7 Å². The van der Waals surface area contributed by atoms with Gasteiger partial charge in [-0.2, -0.15) is 0 Å². The largest absolute Gasteiger partial charge is 0.507 e. The molecule has 126 valence electrons. The van der Waals surface area contributed by atoms with Crippen LogP contribution in [0.3, 0.4) is 0 Å². The highest BCUT2D eigenvalue weighted by Crippen LogP contribution is 2.20. The number of aromatic hydroxyl groups is 1. The Hall–Kier alpha value is -2.82. The van der Waals surface area contributed by atoms with E-state index in [1.54, 1.807) is 25.1 Å². The summed E-state index contributed by atoms with van der Waals surface area (Å²) in [6, 6.07) is 6.42. The number of benzene rings is 1. The summed E-state index contributed by atoms with van der Waals surface area (Å²) < 4.78 is 7.02. The van der Waals surface area contributed by atoms with Gasteiger partial charge in [0.1, 0.15) is 11.3 Å². The van der Waals surface area contributed by atoms with E-state index < -0.39 is 5.97 Å². The normalized spacial score (nSPS) is 10.5. The maximum Gasteiger partial charge on any atom is 0.342 e. The first-order valence-electron chi connectivity index (χ1n) is 7.62. The van der Waals surface area contributed by atoms with E-state index in [2.05, 4.69) is 6.58 Å². The van der Waals surface area contributed by atoms with Crippen molar-refractivity contribution in [2.24, 2.45) is 0 Å². The summed E-state index contributed by atoms with van der Waals surface area (Å²) in [5.74, 6) is -1.16. The minimum Gasteiger partial charge on any atom is -0.507 e. The summed E-state index contributed by atoms with van der Waals surface area (Å²) >= 11 is 0. The van der Waals surface area contributed by atoms with Crippen LogP contribution in [-0.4, -0.2) is 28.0 Å². The van der Waals surface area contributed by atoms with Crippen LogP contribution in [0.25, 0.3) is 0 Å². The number of phenols is 1. The lowest BCUT2D eigenvalue weighted by Crippen LogP contribution is -2.15. The molecule has 24 heavy (non-hydrogen) atoms. The number of aryl methyl sites for hydroxylation is 2. The number of hydrogen-bond donors (Lipinski definition) is 1. The van der Waals surface area contributed by atoms with Gasteiger partial charge in [-0.3, -0.25) is 4.79 Å². The van der Waals surface area contributed by atoms with Crippen LogP contribution in [0.5, 0.6) is 5.75 Å². The van der Waals surface area contributed by atoms with Gasteiger partial charge in [0.25, 0.3) is 0 Å². The smallest absolute Gasteiger partial charge is 0.342 e. The lowest BCUT2D eigenvalue weighted by molar-refractivity contribution is 0.0471. The number of ketones is 1. The number of aromatic nitrogens is 1. The van der Waals surface area contributed by atoms with E-state index >= 15 is 0 Å². The molecule has 2 aromatic rings. The standard InChI is InChI=1S/C19H21NO4/c1-5-8-20-13(3)10-16(14(20)4)18(22)11-24-19(23)15-7-6-12(2)9-17(15)21/h5-7,9-10,21H,1,8,11H2,2-4H3. The van der Waals surface area contributed by atoms with E-state index in [1.807, 2.05) is 18.4 Å². The Morgan fingerprint density at radius 2 is 1.92 bits per heavy atom. The molecule has 1 aromatic carbocycles. The third-order valence-corrected chi connectivity index (χ3v) is 3.89. The third kappa shape index (κ3) is 3.56. The van der Waals surface area contributed by atoms with Crippen molar-refractivity contribution in [1.29, 1.82) is 0 Å². The number of Topliss-reactive ketones (excluding diaryl/α,β-unsaturated/α-hetero) is 1. The molecular formula is C19H21NO4. The van der Waals surface area contributed by atoms with Gasteiger partial charge in [0, 0.05) is 23.5 Å². The number of ether oxygens (including phenoxy) is 1. The van der Waals surface area contributed by atoms with E-state index in [1.165, 1.54) is 12.1 Å². The average molecular weight is 327 g/mol. The number of carbonyl (C=O) groups is 2. The Morgan fingerprint density at radius 3 is 2.54 bits per heavy atom. The Morgan fingerprint density at radius 1 is 1.21 bits per heavy atom. The molecule has 1 aromatic heterocycles. The van der Waals surface area contributed by atoms with Crippen LogP contribution < -0.4 is 0 Å². The maximum atomic E-state index is 12.3. The van der Waals surface area contributed by atoms with E-state index in [-0.39, 0.29) is 23.7 Å². The molecule has 0 fully saturated rings. The molecule has 0 aliphatic carbocycles. The quantitative estimate of drug-likeness (QED) is 0.502. The molecule has 0 radical (unpaired) electrons. The van der Waals surface area contributed by atoms with Gasteiger partial charge < -0.3 is 14.4 Å². The second-order valence-electron chi connectivity index (χ2n) is 5.70. The average Bonchev–Trinajstić information content (AvgIpc) is 2.81. The van der Waals surface area contributed by atoms with Crippen molar-refractivity contribution in [3.05, 3.63) is 65.0 Å². The monoisotopic (exact) mass is 327 g/mol. The molecule has 1 heterocycles. The molecule has 0 amide bonds. The van der Waals surface area contributed by atoms with Crippen LogP contribution in [0.1, 0.15) is 37.7 Å². The SMILES string of the molecule is C=CCn1c(C)cc(C(=O)COC(=O)c2ccc(C)cc2O)c1C. The van der Waals surface area contributed by atoms with Crippen molar-refractivity contribution < 1.29 is 19.4 Å². The van der Waals surface area contributed by atoms with Crippen molar-refractivity contribution >= 4 is 11.8 Å². The summed E-state index contributed by atoms with van der Waals surface area (Å²) in [5, 5.41) is 9.79. The molecule has 0 saturated carbocycles. The van der Waals surface area contributed by atoms with Crippen LogP contribution in [0.4, 0.5) is 0 Å². The molecule has 0 atom stereocenters. The number of carbonyl (C=O) groups excluding carboxylic acids is 2. The molecule has 1 N–H and O–H groups in total. The lowest BCUT2D eigenvalue weighted by Gasteiger charge is -2.08. The second-order valence-corrected chi connectivity index (χ2v) is 5.70. The first kappa shape index (κ1) is 17.5. The molecule has 0 aliphatic rings. The van der Waals surface area contributed by atoms with Crippen molar-refractivity contribution in [2.45, 2.75) is 27.3 Å². The first-order chi connectivity index (χ1) is 11.3. The van der Waals surface area contributed by atoms with Gasteiger partial charge >= 0.3 is 5.97 Å². The fourth-order valence-corrected chi connectivity index (χ4v) is 2.59. The van der Waals surface area contributed by atoms with Crippen molar-refractivity contribution in [3.63, 3.8) is 0 Å². The highest BCUT2D eigenvalue weighted by atomic mass is 16.5. The van der Waals surface area contributed by atoms with E-state index in [0.29, 0.717) is 12.1 Å². The summed E-state index contributed by atoms with van der Waals surface area (Å²) in [6.07, 6.45) is 1.76. The number of rotatable bonds is 6. The number of allylic oxidation sites excluding steroid dienone is 1. The fourth-order valence-electron chi connectivity index (χ4n) is 2.59. The van der Waals surface area contributed by atoms with Crippen LogP contribution in [-0.2, 0) is 11.3 Å². The zero-order chi connectivity index (χ0) is 17.9. The van der Waals surface area contributed by atoms with Gasteiger partial charge in [-0.15, -0.1) is 6.58 Å². The summed E-state index contributed by atoms with van der Waals surface area (Å²) in [6.45, 7) is 9.50. The highest BCUT2D eigenvalue weighted by Gasteiger charge is 2.18. The van der Waals surface area contributed by atoms with Crippen molar-refractivity contribution in [2.75, 3.05) is 6.61 Å². The topological polar surface area (TPSA) is 68.5 Å². The molecule has 0 unspecified atom stereocenters. The van der Waals surface area contributed by atoms with Crippen LogP contribution in [0.15, 0.2) is 36.9 Å². The number of nitrogens with zero attached hydrogens (tertiary/aromatic N) is 1. The van der Waals surface area contributed by atoms with Crippen LogP contribution in [0.2, 0.25) is 0 Å². The predicted octanol–water partition coefficient (Wildman–Crippen LogP) is 3.34. The summed E-state index contributed by atoms with van der Waals surface area (Å²) in [4.78, 5) is 24.4. The Balaban J connectivity index is 2.09. The lowest BCUT2D eigenvalue weighted by atomic mass is 10.1. The van der Waals surface area contributed by atoms with Gasteiger partial charge in [0.2, 0.25) is 5.78 Å². The van der Waals surface area contributed by atoms with E-state index in [0.717, 1.165) is 17.0 Å². The van der Waals surface area contributed by atoms with Gasteiger partial charge in [-0.1, -0.05) is 12.1 Å². The van der Waals surface area contributed by atoms with Gasteiger partial charge in [-0.25, -0.2) is 4.79 Å². The number of hydrogen-bond acceptors (Lipinski definition) is 4. The van der Waals surface area contributed by atoms with E-state index in [4.69, 9.17) is 4.74 Å². The molecule has 0 aliphatic heterocycles. The third-order valence-electron chi connectivity index (χ3n) is 3.89. The molecular weight excluding hydrogens is 306 g/mol. The number of esters is 1. The maximum absolute atomic E-state index is 12.3. The molecule has 2 rings (SSSR count). The Bertz CT molecular complexity index is 802. The van der Waals surface area contributed by atoms with Crippen molar-refractivity contribution in [1.82, 2.24) is 4.57 Å². The minimum atomic E-state index is -0.722. The second kappa shape index (κ2) is 7.17. The predicted molar refractivity (Wildman–Crippen MR) is 91.6 cm³/mol. The zero-order valence-electron chi connectivity index (χ0n) is 14.1. The summed E-state index contributed by atoms with van der Waals surface area (Å²) in [5.41, 5.74) is 3.15. The Labute approximate surface area is 141 Å². The van der Waals surface area contributed by atoms with Crippen LogP contribution >= 0.6 is 0 Å².